The van der Waals surface area contributed by atoms with Crippen molar-refractivity contribution >= 4 is 17.5 Å². The monoisotopic (exact) mass is 380 g/mol. The number of likely N-dealkylation sites (N-methyl/N-ethyl adjacent to an activating group) is 1. The van der Waals surface area contributed by atoms with Gasteiger partial charge >= 0.3 is 5.69 Å². The van der Waals surface area contributed by atoms with Gasteiger partial charge < -0.3 is 14.4 Å². The molecular weight excluding hydrogens is 356 g/mol. The van der Waals surface area contributed by atoms with E-state index in [1.807, 2.05) is 45.2 Å². The lowest BCUT2D eigenvalue weighted by molar-refractivity contribution is -0.386. The zero-order chi connectivity index (χ0) is 20.3. The van der Waals surface area contributed by atoms with E-state index in [1.54, 1.807) is 6.07 Å². The summed E-state index contributed by atoms with van der Waals surface area (Å²) in [5.74, 6) is 0.802. The highest BCUT2D eigenvalue weighted by atomic mass is 16.6. The quantitative estimate of drug-likeness (QED) is 0.559. The minimum Gasteiger partial charge on any atom is -0.484 e. The molecule has 0 amide bonds. The molecule has 0 unspecified atom stereocenters. The molecule has 2 aromatic carbocycles. The van der Waals surface area contributed by atoms with Crippen LogP contribution in [0.1, 0.15) is 38.8 Å². The molecule has 1 spiro atoms. The van der Waals surface area contributed by atoms with Crippen LogP contribution in [0.4, 0.5) is 11.4 Å². The number of ether oxygens (including phenoxy) is 2. The number of fused-ring (bicyclic) bond motifs is 2. The summed E-state index contributed by atoms with van der Waals surface area (Å²) < 4.78 is 12.3. The molecule has 0 radical (unpaired) electrons. The highest BCUT2D eigenvalue weighted by Gasteiger charge is 2.57. The van der Waals surface area contributed by atoms with Crippen LogP contribution < -0.4 is 14.4 Å². The predicted molar refractivity (Wildman–Crippen MR) is 109 cm³/mol. The summed E-state index contributed by atoms with van der Waals surface area (Å²) in [6, 6.07) is 11.4. The van der Waals surface area contributed by atoms with Crippen LogP contribution in [-0.2, 0) is 5.41 Å². The molecule has 0 aromatic heterocycles. The van der Waals surface area contributed by atoms with Gasteiger partial charge in [0.15, 0.2) is 0 Å². The first-order valence-corrected chi connectivity index (χ1v) is 9.38. The topological polar surface area (TPSA) is 64.8 Å². The molecule has 2 heterocycles. The maximum absolute atomic E-state index is 11.5. The Balaban J connectivity index is 1.84. The van der Waals surface area contributed by atoms with E-state index in [1.165, 1.54) is 11.6 Å². The Morgan fingerprint density at radius 1 is 1.21 bits per heavy atom. The van der Waals surface area contributed by atoms with Crippen LogP contribution in [0.2, 0.25) is 0 Å². The second-order valence-electron chi connectivity index (χ2n) is 8.11. The van der Waals surface area contributed by atoms with Gasteiger partial charge in [-0.3, -0.25) is 10.1 Å². The van der Waals surface area contributed by atoms with Crippen LogP contribution in [0.5, 0.6) is 11.5 Å². The van der Waals surface area contributed by atoms with Crippen molar-refractivity contribution in [2.75, 3.05) is 11.9 Å². The molecule has 0 aliphatic carbocycles. The van der Waals surface area contributed by atoms with Crippen LogP contribution in [0.3, 0.4) is 0 Å². The molecule has 0 N–H and O–H groups in total. The van der Waals surface area contributed by atoms with Gasteiger partial charge in [-0.05, 0) is 51.5 Å². The van der Waals surface area contributed by atoms with Crippen molar-refractivity contribution in [2.45, 2.75) is 44.9 Å². The van der Waals surface area contributed by atoms with Crippen LogP contribution in [-0.4, -0.2) is 23.8 Å². The van der Waals surface area contributed by atoms with Gasteiger partial charge in [-0.1, -0.05) is 18.2 Å². The number of hydrogen-bond acceptors (Lipinski definition) is 5. The first kappa shape index (κ1) is 18.3. The van der Waals surface area contributed by atoms with Gasteiger partial charge in [0.2, 0.25) is 11.5 Å². The van der Waals surface area contributed by atoms with Gasteiger partial charge in [-0.2, -0.15) is 0 Å². The van der Waals surface area contributed by atoms with E-state index < -0.39 is 10.6 Å². The highest BCUT2D eigenvalue weighted by molar-refractivity contribution is 5.74. The third kappa shape index (κ3) is 2.40. The normalized spacial score (nSPS) is 21.4. The van der Waals surface area contributed by atoms with E-state index >= 15 is 0 Å². The minimum absolute atomic E-state index is 0.0565. The number of benzene rings is 2. The van der Waals surface area contributed by atoms with Gasteiger partial charge in [-0.25, -0.2) is 0 Å². The lowest BCUT2D eigenvalue weighted by Gasteiger charge is -2.45. The second-order valence-corrected chi connectivity index (χ2v) is 8.11. The Morgan fingerprint density at radius 3 is 2.57 bits per heavy atom. The van der Waals surface area contributed by atoms with E-state index in [0.717, 1.165) is 5.69 Å². The Labute approximate surface area is 164 Å². The Bertz CT molecular complexity index is 996. The highest BCUT2D eigenvalue weighted by Crippen LogP contribution is 2.54. The average Bonchev–Trinajstić information content (AvgIpc) is 2.80. The number of nitro benzene ring substituents is 1. The summed E-state index contributed by atoms with van der Waals surface area (Å²) in [7, 11) is 2.01. The zero-order valence-electron chi connectivity index (χ0n) is 16.7. The molecule has 2 aromatic rings. The molecule has 2 aliphatic heterocycles. The number of rotatable bonds is 3. The largest absolute Gasteiger partial charge is 0.484 e. The third-order valence-corrected chi connectivity index (χ3v) is 5.74. The van der Waals surface area contributed by atoms with Crippen LogP contribution >= 0.6 is 0 Å². The van der Waals surface area contributed by atoms with Crippen molar-refractivity contribution in [1.82, 2.24) is 0 Å². The number of hydrogen-bond donors (Lipinski definition) is 0. The van der Waals surface area contributed by atoms with Crippen molar-refractivity contribution in [3.05, 3.63) is 63.7 Å². The van der Waals surface area contributed by atoms with Crippen molar-refractivity contribution in [3.8, 4) is 11.5 Å². The number of nitrogens with zero attached hydrogens (tertiary/aromatic N) is 2. The lowest BCUT2D eigenvalue weighted by atomic mass is 9.76. The van der Waals surface area contributed by atoms with Crippen LogP contribution in [0.25, 0.3) is 6.08 Å². The van der Waals surface area contributed by atoms with Gasteiger partial charge in [0, 0.05) is 30.4 Å². The SMILES string of the molecule is CC(C)Oc1cc2c(cc1[N+](=O)[O-])C=C[C@]1(O2)N(C)c2ccccc2C1(C)C. The van der Waals surface area contributed by atoms with E-state index in [4.69, 9.17) is 9.47 Å². The molecule has 1 atom stereocenters. The first-order valence-electron chi connectivity index (χ1n) is 9.38. The first-order chi connectivity index (χ1) is 13.2. The maximum atomic E-state index is 11.5. The molecule has 6 heteroatoms. The summed E-state index contributed by atoms with van der Waals surface area (Å²) in [4.78, 5) is 13.2. The summed E-state index contributed by atoms with van der Waals surface area (Å²) in [5.41, 5.74) is 1.88. The molecule has 28 heavy (non-hydrogen) atoms. The van der Waals surface area contributed by atoms with E-state index in [2.05, 4.69) is 30.9 Å². The predicted octanol–water partition coefficient (Wildman–Crippen LogP) is 4.91. The zero-order valence-corrected chi connectivity index (χ0v) is 16.7. The molecule has 6 nitrogen and oxygen atoms in total. The third-order valence-electron chi connectivity index (χ3n) is 5.74. The number of nitro groups is 1. The standard InChI is InChI=1S/C22H24N2O4/c1-14(2)27-20-13-19-15(12-18(20)24(25)26)10-11-22(28-19)21(3,4)16-8-6-7-9-17(16)23(22)5/h6-14H,1-5H3/t22-/m1/s1. The van der Waals surface area contributed by atoms with E-state index in [-0.39, 0.29) is 23.0 Å². The molecule has 0 saturated carbocycles. The fraction of sp³-hybridized carbons (Fsp3) is 0.364. The molecule has 0 bridgehead atoms. The fourth-order valence-electron chi connectivity index (χ4n) is 4.28. The smallest absolute Gasteiger partial charge is 0.311 e. The van der Waals surface area contributed by atoms with Crippen LogP contribution in [0, 0.1) is 10.1 Å². The minimum atomic E-state index is -0.727. The van der Waals surface area contributed by atoms with Gasteiger partial charge in [-0.15, -0.1) is 0 Å². The van der Waals surface area contributed by atoms with Crippen LogP contribution in [0.15, 0.2) is 42.5 Å². The van der Waals surface area contributed by atoms with Gasteiger partial charge in [0.25, 0.3) is 0 Å². The Kier molecular flexibility index (Phi) is 3.93. The maximum Gasteiger partial charge on any atom is 0.311 e. The fourth-order valence-corrected chi connectivity index (χ4v) is 4.28. The number of para-hydroxylation sites is 1. The van der Waals surface area contributed by atoms with E-state index in [0.29, 0.717) is 11.3 Å². The molecule has 4 rings (SSSR count). The van der Waals surface area contributed by atoms with E-state index in [9.17, 15) is 10.1 Å². The molecule has 2 aliphatic rings. The summed E-state index contributed by atoms with van der Waals surface area (Å²) in [6.07, 6.45) is 3.73. The van der Waals surface area contributed by atoms with Crippen molar-refractivity contribution in [2.24, 2.45) is 0 Å². The summed E-state index contributed by atoms with van der Waals surface area (Å²) in [6.45, 7) is 8.00. The summed E-state index contributed by atoms with van der Waals surface area (Å²) in [5, 5.41) is 11.5. The van der Waals surface area contributed by atoms with Gasteiger partial charge in [0.1, 0.15) is 5.75 Å². The Morgan fingerprint density at radius 2 is 1.93 bits per heavy atom. The van der Waals surface area contributed by atoms with Crippen molar-refractivity contribution in [3.63, 3.8) is 0 Å². The molecule has 146 valence electrons. The van der Waals surface area contributed by atoms with Crippen molar-refractivity contribution < 1.29 is 14.4 Å². The summed E-state index contributed by atoms with van der Waals surface area (Å²) >= 11 is 0. The molecular formula is C22H24N2O4. The lowest BCUT2D eigenvalue weighted by Crippen LogP contribution is -2.58. The number of anilines is 1. The average molecular weight is 380 g/mol. The van der Waals surface area contributed by atoms with Gasteiger partial charge in [0.05, 0.1) is 16.4 Å². The molecule has 0 saturated heterocycles. The Hall–Kier alpha value is -3.02. The molecule has 0 fully saturated rings. The van der Waals surface area contributed by atoms with Crippen molar-refractivity contribution in [1.29, 1.82) is 0 Å². The second kappa shape index (κ2) is 5.99.